The smallest absolute Gasteiger partial charge is 0.0409 e. The van der Waals surface area contributed by atoms with Gasteiger partial charge in [-0.15, -0.1) is 0 Å². The van der Waals surface area contributed by atoms with Gasteiger partial charge >= 0.3 is 0 Å². The van der Waals surface area contributed by atoms with Crippen molar-refractivity contribution in [2.24, 2.45) is 0 Å². The van der Waals surface area contributed by atoms with E-state index < -0.39 is 0 Å². The molecule has 0 amide bonds. The predicted molar refractivity (Wildman–Crippen MR) is 73.5 cm³/mol. The second kappa shape index (κ2) is 5.85. The third-order valence-corrected chi connectivity index (χ3v) is 3.67. The van der Waals surface area contributed by atoms with E-state index in [2.05, 4.69) is 30.3 Å². The van der Waals surface area contributed by atoms with Gasteiger partial charge < -0.3 is 10.2 Å². The Morgan fingerprint density at radius 3 is 2.88 bits per heavy atom. The highest BCUT2D eigenvalue weighted by Crippen LogP contribution is 2.24. The number of nitrogens with zero attached hydrogens (tertiary/aromatic N) is 1. The fourth-order valence-electron chi connectivity index (χ4n) is 2.05. The maximum absolute atomic E-state index is 5.99. The molecule has 1 aromatic carbocycles. The van der Waals surface area contributed by atoms with Gasteiger partial charge in [-0.1, -0.05) is 23.7 Å². The van der Waals surface area contributed by atoms with Crippen LogP contribution in [0.1, 0.15) is 31.4 Å². The molecule has 94 valence electrons. The lowest BCUT2D eigenvalue weighted by Crippen LogP contribution is -2.31. The zero-order valence-electron chi connectivity index (χ0n) is 10.6. The second-order valence-corrected chi connectivity index (χ2v) is 5.38. The van der Waals surface area contributed by atoms with Crippen LogP contribution in [0.15, 0.2) is 24.3 Å². The van der Waals surface area contributed by atoms with Crippen molar-refractivity contribution in [3.8, 4) is 0 Å². The topological polar surface area (TPSA) is 15.3 Å². The van der Waals surface area contributed by atoms with Crippen molar-refractivity contribution in [3.63, 3.8) is 0 Å². The van der Waals surface area contributed by atoms with Crippen LogP contribution in [0.25, 0.3) is 0 Å². The average molecular weight is 253 g/mol. The number of benzene rings is 1. The lowest BCUT2D eigenvalue weighted by molar-refractivity contribution is 0.316. The Hall–Kier alpha value is -0.570. The van der Waals surface area contributed by atoms with Gasteiger partial charge in [0.15, 0.2) is 0 Å². The lowest BCUT2D eigenvalue weighted by Gasteiger charge is -2.19. The first-order chi connectivity index (χ1) is 8.16. The van der Waals surface area contributed by atoms with E-state index in [-0.39, 0.29) is 0 Å². The molecule has 0 aromatic heterocycles. The molecule has 1 aromatic rings. The fourth-order valence-corrected chi connectivity index (χ4v) is 2.25. The van der Waals surface area contributed by atoms with E-state index in [4.69, 9.17) is 11.6 Å². The van der Waals surface area contributed by atoms with Gasteiger partial charge in [-0.25, -0.2) is 0 Å². The minimum absolute atomic E-state index is 0.362. The molecule has 1 N–H and O–H groups in total. The molecule has 17 heavy (non-hydrogen) atoms. The number of hydrogen-bond acceptors (Lipinski definition) is 2. The van der Waals surface area contributed by atoms with Crippen LogP contribution >= 0.6 is 11.6 Å². The van der Waals surface area contributed by atoms with Crippen LogP contribution in [0.3, 0.4) is 0 Å². The van der Waals surface area contributed by atoms with E-state index in [1.165, 1.54) is 18.4 Å². The van der Waals surface area contributed by atoms with Crippen molar-refractivity contribution >= 4 is 11.6 Å². The molecule has 0 radical (unpaired) electrons. The van der Waals surface area contributed by atoms with Crippen LogP contribution < -0.4 is 5.32 Å². The summed E-state index contributed by atoms with van der Waals surface area (Å²) in [6, 6.07) is 9.28. The highest BCUT2D eigenvalue weighted by Gasteiger charge is 2.25. The fraction of sp³-hybridized carbons (Fsp3) is 0.571. The number of rotatable bonds is 6. The number of nitrogens with one attached hydrogen (secondary N) is 1. The van der Waals surface area contributed by atoms with Crippen LogP contribution in [-0.2, 0) is 0 Å². The normalized spacial score (nSPS) is 17.4. The largest absolute Gasteiger partial charge is 0.309 e. The quantitative estimate of drug-likeness (QED) is 0.837. The summed E-state index contributed by atoms with van der Waals surface area (Å²) < 4.78 is 0. The van der Waals surface area contributed by atoms with Crippen LogP contribution in [0.5, 0.6) is 0 Å². The van der Waals surface area contributed by atoms with Crippen molar-refractivity contribution in [2.45, 2.75) is 31.8 Å². The van der Waals surface area contributed by atoms with Gasteiger partial charge in [0.25, 0.3) is 0 Å². The second-order valence-electron chi connectivity index (χ2n) is 4.94. The van der Waals surface area contributed by atoms with Crippen molar-refractivity contribution in [2.75, 3.05) is 20.1 Å². The minimum atomic E-state index is 0.362. The molecule has 1 fully saturated rings. The molecule has 3 heteroatoms. The summed E-state index contributed by atoms with van der Waals surface area (Å²) in [4.78, 5) is 2.44. The lowest BCUT2D eigenvalue weighted by atomic mass is 10.1. The van der Waals surface area contributed by atoms with Gasteiger partial charge in [0.05, 0.1) is 0 Å². The van der Waals surface area contributed by atoms with Crippen molar-refractivity contribution in [1.29, 1.82) is 0 Å². The summed E-state index contributed by atoms with van der Waals surface area (Å²) in [5.74, 6) is 0. The summed E-state index contributed by atoms with van der Waals surface area (Å²) in [7, 11) is 2.21. The molecule has 1 unspecified atom stereocenters. The Morgan fingerprint density at radius 1 is 1.47 bits per heavy atom. The zero-order valence-corrected chi connectivity index (χ0v) is 11.4. The third kappa shape index (κ3) is 3.98. The highest BCUT2D eigenvalue weighted by molar-refractivity contribution is 6.30. The summed E-state index contributed by atoms with van der Waals surface area (Å²) >= 11 is 5.99. The van der Waals surface area contributed by atoms with Gasteiger partial charge in [0.1, 0.15) is 0 Å². The molecule has 0 bridgehead atoms. The highest BCUT2D eigenvalue weighted by atomic mass is 35.5. The van der Waals surface area contributed by atoms with Gasteiger partial charge in [-0.3, -0.25) is 0 Å². The monoisotopic (exact) mass is 252 g/mol. The first kappa shape index (κ1) is 12.9. The summed E-state index contributed by atoms with van der Waals surface area (Å²) in [5.41, 5.74) is 1.26. The van der Waals surface area contributed by atoms with E-state index in [1.807, 2.05) is 18.2 Å². The van der Waals surface area contributed by atoms with E-state index >= 15 is 0 Å². The summed E-state index contributed by atoms with van der Waals surface area (Å²) in [6.07, 6.45) is 2.75. The molecule has 1 aliphatic rings. The molecule has 1 aliphatic carbocycles. The molecule has 0 spiro atoms. The standard InChI is InChI=1S/C14H21ClN2/c1-11(12-4-3-5-13(15)10-12)16-8-9-17(2)14-6-7-14/h3-5,10-11,14,16H,6-9H2,1-2H3. The van der Waals surface area contributed by atoms with Crippen molar-refractivity contribution < 1.29 is 0 Å². The van der Waals surface area contributed by atoms with E-state index in [0.29, 0.717) is 6.04 Å². The maximum atomic E-state index is 5.99. The first-order valence-corrected chi connectivity index (χ1v) is 6.73. The molecule has 1 saturated carbocycles. The van der Waals surface area contributed by atoms with Gasteiger partial charge in [0, 0.05) is 30.2 Å². The Bertz CT molecular complexity index is 363. The Labute approximate surface area is 109 Å². The Morgan fingerprint density at radius 2 is 2.24 bits per heavy atom. The van der Waals surface area contributed by atoms with Crippen molar-refractivity contribution in [1.82, 2.24) is 10.2 Å². The molecule has 0 aliphatic heterocycles. The summed E-state index contributed by atoms with van der Waals surface area (Å²) in [6.45, 7) is 4.33. The van der Waals surface area contributed by atoms with Gasteiger partial charge in [0.2, 0.25) is 0 Å². The van der Waals surface area contributed by atoms with Crippen LogP contribution in [0, 0.1) is 0 Å². The van der Waals surface area contributed by atoms with Gasteiger partial charge in [-0.2, -0.15) is 0 Å². The molecule has 0 heterocycles. The van der Waals surface area contributed by atoms with Crippen molar-refractivity contribution in [3.05, 3.63) is 34.9 Å². The number of halogens is 1. The molecule has 1 atom stereocenters. The molecular weight excluding hydrogens is 232 g/mol. The summed E-state index contributed by atoms with van der Waals surface area (Å²) in [5, 5.41) is 4.35. The van der Waals surface area contributed by atoms with Crippen LogP contribution in [0.2, 0.25) is 5.02 Å². The van der Waals surface area contributed by atoms with E-state index in [9.17, 15) is 0 Å². The van der Waals surface area contributed by atoms with E-state index in [1.54, 1.807) is 0 Å². The molecule has 0 saturated heterocycles. The number of hydrogen-bond donors (Lipinski definition) is 1. The molecule has 2 rings (SSSR count). The predicted octanol–water partition coefficient (Wildman–Crippen LogP) is 3.08. The SMILES string of the molecule is CC(NCCN(C)C1CC1)c1cccc(Cl)c1. The average Bonchev–Trinajstić information content (AvgIpc) is 3.12. The maximum Gasteiger partial charge on any atom is 0.0409 e. The minimum Gasteiger partial charge on any atom is -0.309 e. The Balaban J connectivity index is 1.74. The molecular formula is C14H21ClN2. The van der Waals surface area contributed by atoms with Crippen LogP contribution in [0.4, 0.5) is 0 Å². The number of likely N-dealkylation sites (N-methyl/N-ethyl adjacent to an activating group) is 1. The van der Waals surface area contributed by atoms with Crippen LogP contribution in [-0.4, -0.2) is 31.1 Å². The van der Waals surface area contributed by atoms with E-state index in [0.717, 1.165) is 24.2 Å². The molecule has 2 nitrogen and oxygen atoms in total. The Kier molecular flexibility index (Phi) is 4.43. The van der Waals surface area contributed by atoms with Gasteiger partial charge in [-0.05, 0) is 44.5 Å². The third-order valence-electron chi connectivity index (χ3n) is 3.43. The first-order valence-electron chi connectivity index (χ1n) is 6.36. The zero-order chi connectivity index (χ0) is 12.3.